The van der Waals surface area contributed by atoms with Gasteiger partial charge in [0.05, 0.1) is 13.2 Å². The second kappa shape index (κ2) is 10.1. The van der Waals surface area contributed by atoms with E-state index in [0.29, 0.717) is 31.6 Å². The quantitative estimate of drug-likeness (QED) is 0.528. The summed E-state index contributed by atoms with van der Waals surface area (Å²) in [4.78, 5) is 25.0. The number of hydrogen-bond donors (Lipinski definition) is 0. The highest BCUT2D eigenvalue weighted by molar-refractivity contribution is 6.01. The Labute approximate surface area is 172 Å². The number of allylic oxidation sites excluding steroid dienone is 2. The fraction of sp³-hybridized carbons (Fsp3) is 0.360. The monoisotopic (exact) mass is 392 g/mol. The van der Waals surface area contributed by atoms with Gasteiger partial charge in [-0.15, -0.1) is 0 Å². The highest BCUT2D eigenvalue weighted by atomic mass is 16.5. The maximum Gasteiger partial charge on any atom is 0.162 e. The minimum Gasteiger partial charge on any atom is -0.494 e. The zero-order valence-electron chi connectivity index (χ0n) is 17.1. The molecule has 0 unspecified atom stereocenters. The van der Waals surface area contributed by atoms with Crippen molar-refractivity contribution in [2.45, 2.75) is 39.5 Å². The Bertz CT molecular complexity index is 863. The van der Waals surface area contributed by atoms with E-state index < -0.39 is 0 Å². The van der Waals surface area contributed by atoms with Crippen molar-refractivity contribution in [3.05, 3.63) is 65.7 Å². The lowest BCUT2D eigenvalue weighted by Crippen LogP contribution is -2.18. The standard InChI is InChI=1S/C25H28O4/c1-3-28-22-12-7-18(8-13-22)21-6-5-20(25(27)17-21)11-16-24(26)19-9-14-23(15-10-19)29-4-2/h7-10,12-15,17,20H,3-6,11,16H2,1-2H3/t20-/m0/s1. The van der Waals surface area contributed by atoms with Gasteiger partial charge < -0.3 is 9.47 Å². The van der Waals surface area contributed by atoms with Gasteiger partial charge in [0, 0.05) is 17.9 Å². The molecule has 152 valence electrons. The molecule has 0 heterocycles. The minimum absolute atomic E-state index is 0.0714. The smallest absolute Gasteiger partial charge is 0.162 e. The van der Waals surface area contributed by atoms with E-state index in [-0.39, 0.29) is 17.5 Å². The van der Waals surface area contributed by atoms with Crippen LogP contribution in [-0.4, -0.2) is 24.8 Å². The molecule has 0 aliphatic heterocycles. The Morgan fingerprint density at radius 3 is 2.07 bits per heavy atom. The summed E-state index contributed by atoms with van der Waals surface area (Å²) >= 11 is 0. The number of ether oxygens (including phenoxy) is 2. The van der Waals surface area contributed by atoms with Crippen molar-refractivity contribution in [2.75, 3.05) is 13.2 Å². The molecule has 0 saturated heterocycles. The molecule has 0 radical (unpaired) electrons. The van der Waals surface area contributed by atoms with Gasteiger partial charge in [-0.3, -0.25) is 9.59 Å². The molecule has 0 fully saturated rings. The summed E-state index contributed by atoms with van der Waals surface area (Å²) in [6, 6.07) is 15.1. The highest BCUT2D eigenvalue weighted by Gasteiger charge is 2.24. The number of carbonyl (C=O) groups excluding carboxylic acids is 2. The molecule has 2 aromatic rings. The average molecular weight is 392 g/mol. The third-order valence-corrected chi connectivity index (χ3v) is 5.22. The molecular formula is C25H28O4. The maximum atomic E-state index is 12.6. The van der Waals surface area contributed by atoms with Crippen molar-refractivity contribution in [1.82, 2.24) is 0 Å². The highest BCUT2D eigenvalue weighted by Crippen LogP contribution is 2.31. The van der Waals surface area contributed by atoms with E-state index in [2.05, 4.69) is 0 Å². The third-order valence-electron chi connectivity index (χ3n) is 5.22. The largest absolute Gasteiger partial charge is 0.494 e. The van der Waals surface area contributed by atoms with Gasteiger partial charge in [-0.25, -0.2) is 0 Å². The lowest BCUT2D eigenvalue weighted by Gasteiger charge is -2.21. The van der Waals surface area contributed by atoms with E-state index >= 15 is 0 Å². The van der Waals surface area contributed by atoms with Crippen LogP contribution < -0.4 is 9.47 Å². The first kappa shape index (κ1) is 20.8. The molecule has 0 aromatic heterocycles. The van der Waals surface area contributed by atoms with Gasteiger partial charge in [0.15, 0.2) is 11.6 Å². The fourth-order valence-electron chi connectivity index (χ4n) is 3.63. The van der Waals surface area contributed by atoms with Crippen molar-refractivity contribution in [2.24, 2.45) is 5.92 Å². The molecule has 2 aromatic carbocycles. The summed E-state index contributed by atoms with van der Waals surface area (Å²) in [7, 11) is 0. The fourth-order valence-corrected chi connectivity index (χ4v) is 3.63. The molecule has 3 rings (SSSR count). The lowest BCUT2D eigenvalue weighted by atomic mass is 9.82. The van der Waals surface area contributed by atoms with Gasteiger partial charge in [0.1, 0.15) is 11.5 Å². The molecule has 0 amide bonds. The van der Waals surface area contributed by atoms with Crippen LogP contribution in [0.2, 0.25) is 0 Å². The van der Waals surface area contributed by atoms with Crippen LogP contribution in [0.1, 0.15) is 55.5 Å². The average Bonchev–Trinajstić information content (AvgIpc) is 2.74. The van der Waals surface area contributed by atoms with Gasteiger partial charge in [0.2, 0.25) is 0 Å². The molecule has 0 spiro atoms. The van der Waals surface area contributed by atoms with Crippen LogP contribution in [0.5, 0.6) is 11.5 Å². The molecule has 4 nitrogen and oxygen atoms in total. The summed E-state index contributed by atoms with van der Waals surface area (Å²) in [6.45, 7) is 5.12. The molecule has 0 N–H and O–H groups in total. The topological polar surface area (TPSA) is 52.6 Å². The number of benzene rings is 2. The summed E-state index contributed by atoms with van der Waals surface area (Å²) in [5, 5.41) is 0. The van der Waals surface area contributed by atoms with Crippen LogP contribution in [0.3, 0.4) is 0 Å². The van der Waals surface area contributed by atoms with Crippen LogP contribution in [0, 0.1) is 5.92 Å². The van der Waals surface area contributed by atoms with E-state index in [1.165, 1.54) is 0 Å². The van der Waals surface area contributed by atoms with E-state index in [9.17, 15) is 9.59 Å². The van der Waals surface area contributed by atoms with Gasteiger partial charge in [-0.05, 0) is 86.7 Å². The number of carbonyl (C=O) groups is 2. The number of hydrogen-bond acceptors (Lipinski definition) is 4. The minimum atomic E-state index is -0.0758. The lowest BCUT2D eigenvalue weighted by molar-refractivity contribution is -0.118. The first-order valence-corrected chi connectivity index (χ1v) is 10.3. The summed E-state index contributed by atoms with van der Waals surface area (Å²) in [6.07, 6.45) is 4.37. The SMILES string of the molecule is CCOc1ccc(C(=O)CC[C@@H]2CCC(c3ccc(OCC)cc3)=CC2=O)cc1. The Morgan fingerprint density at radius 1 is 0.931 bits per heavy atom. The summed E-state index contributed by atoms with van der Waals surface area (Å²) in [5.41, 5.74) is 2.79. The Kier molecular flexibility index (Phi) is 7.23. The van der Waals surface area contributed by atoms with E-state index in [1.54, 1.807) is 18.2 Å². The summed E-state index contributed by atoms with van der Waals surface area (Å²) in [5.74, 6) is 1.72. The van der Waals surface area contributed by atoms with Gasteiger partial charge in [-0.1, -0.05) is 12.1 Å². The predicted octanol–water partition coefficient (Wildman–Crippen LogP) is 5.51. The molecule has 1 aliphatic rings. The van der Waals surface area contributed by atoms with Gasteiger partial charge in [-0.2, -0.15) is 0 Å². The third kappa shape index (κ3) is 5.57. The molecule has 1 aliphatic carbocycles. The molecule has 0 saturated carbocycles. The second-order valence-electron chi connectivity index (χ2n) is 7.18. The van der Waals surface area contributed by atoms with Crippen LogP contribution in [0.15, 0.2) is 54.6 Å². The Morgan fingerprint density at radius 2 is 1.52 bits per heavy atom. The Balaban J connectivity index is 1.55. The Hall–Kier alpha value is -2.88. The molecular weight excluding hydrogens is 364 g/mol. The van der Waals surface area contributed by atoms with Crippen LogP contribution in [0.4, 0.5) is 0 Å². The number of Topliss-reactive ketones (excluding diaryl/α,β-unsaturated/α-hetero) is 1. The normalized spacial score (nSPS) is 16.3. The molecule has 1 atom stereocenters. The van der Waals surface area contributed by atoms with E-state index in [1.807, 2.05) is 50.2 Å². The maximum absolute atomic E-state index is 12.6. The van der Waals surface area contributed by atoms with Crippen LogP contribution in [0.25, 0.3) is 5.57 Å². The van der Waals surface area contributed by atoms with E-state index in [4.69, 9.17) is 9.47 Å². The number of ketones is 2. The molecule has 4 heteroatoms. The van der Waals surface area contributed by atoms with Crippen molar-refractivity contribution in [1.29, 1.82) is 0 Å². The molecule has 0 bridgehead atoms. The van der Waals surface area contributed by atoms with E-state index in [0.717, 1.165) is 35.5 Å². The predicted molar refractivity (Wildman–Crippen MR) is 114 cm³/mol. The summed E-state index contributed by atoms with van der Waals surface area (Å²) < 4.78 is 10.9. The van der Waals surface area contributed by atoms with Crippen molar-refractivity contribution >= 4 is 17.1 Å². The zero-order valence-corrected chi connectivity index (χ0v) is 17.1. The van der Waals surface area contributed by atoms with Crippen LogP contribution in [-0.2, 0) is 4.79 Å². The van der Waals surface area contributed by atoms with Crippen molar-refractivity contribution < 1.29 is 19.1 Å². The first-order valence-electron chi connectivity index (χ1n) is 10.3. The van der Waals surface area contributed by atoms with Crippen LogP contribution >= 0.6 is 0 Å². The van der Waals surface area contributed by atoms with Crippen molar-refractivity contribution in [3.63, 3.8) is 0 Å². The second-order valence-corrected chi connectivity index (χ2v) is 7.18. The van der Waals surface area contributed by atoms with Crippen molar-refractivity contribution in [3.8, 4) is 11.5 Å². The van der Waals surface area contributed by atoms with Gasteiger partial charge in [0.25, 0.3) is 0 Å². The van der Waals surface area contributed by atoms with Gasteiger partial charge >= 0.3 is 0 Å². The molecule has 29 heavy (non-hydrogen) atoms. The first-order chi connectivity index (χ1) is 14.1. The zero-order chi connectivity index (χ0) is 20.6. The number of rotatable bonds is 9.